The summed E-state index contributed by atoms with van der Waals surface area (Å²) >= 11 is 0. The zero-order valence-corrected chi connectivity index (χ0v) is 7.09. The van der Waals surface area contributed by atoms with Crippen LogP contribution in [0.2, 0.25) is 0 Å². The van der Waals surface area contributed by atoms with E-state index in [4.69, 9.17) is 4.74 Å². The van der Waals surface area contributed by atoms with Gasteiger partial charge in [-0.15, -0.1) is 0 Å². The molecule has 11 heavy (non-hydrogen) atoms. The van der Waals surface area contributed by atoms with Gasteiger partial charge in [-0.2, -0.15) is 0 Å². The first kappa shape index (κ1) is 10.0. The number of hydrogen-bond acceptors (Lipinski definition) is 2. The average molecular weight is 157 g/mol. The van der Waals surface area contributed by atoms with Gasteiger partial charge in [0.15, 0.2) is 0 Å². The number of amides is 1. The topological polar surface area (TPSA) is 38.3 Å². The molecule has 0 aliphatic carbocycles. The monoisotopic (exact) mass is 157 g/mol. The summed E-state index contributed by atoms with van der Waals surface area (Å²) in [6, 6.07) is 0. The van der Waals surface area contributed by atoms with Crippen molar-refractivity contribution in [2.24, 2.45) is 5.92 Å². The van der Waals surface area contributed by atoms with Gasteiger partial charge >= 0.3 is 6.09 Å². The van der Waals surface area contributed by atoms with E-state index in [1.807, 2.05) is 6.92 Å². The van der Waals surface area contributed by atoms with Crippen LogP contribution in [0.3, 0.4) is 0 Å². The molecular weight excluding hydrogens is 142 g/mol. The van der Waals surface area contributed by atoms with E-state index < -0.39 is 6.09 Å². The number of alkyl carbamates (subject to hydrolysis) is 1. The molecular formula is C8H15NO2. The smallest absolute Gasteiger partial charge is 0.411 e. The van der Waals surface area contributed by atoms with Crippen LogP contribution in [0.25, 0.3) is 0 Å². The fourth-order valence-corrected chi connectivity index (χ4v) is 0.461. The van der Waals surface area contributed by atoms with Gasteiger partial charge in [0.2, 0.25) is 0 Å². The predicted octanol–water partition coefficient (Wildman–Crippen LogP) is 1.90. The van der Waals surface area contributed by atoms with E-state index in [9.17, 15) is 4.79 Å². The van der Waals surface area contributed by atoms with Gasteiger partial charge in [-0.1, -0.05) is 26.8 Å². The maximum atomic E-state index is 10.7. The van der Waals surface area contributed by atoms with Crippen molar-refractivity contribution in [1.29, 1.82) is 0 Å². The Bertz CT molecular complexity index is 134. The van der Waals surface area contributed by atoms with E-state index in [0.717, 1.165) is 6.42 Å². The van der Waals surface area contributed by atoms with Gasteiger partial charge in [0.1, 0.15) is 0 Å². The second-order valence-electron chi connectivity index (χ2n) is 2.46. The fourth-order valence-electron chi connectivity index (χ4n) is 0.461. The minimum Gasteiger partial charge on any atom is -0.449 e. The Morgan fingerprint density at radius 1 is 1.82 bits per heavy atom. The SMILES string of the molecule is C=CNC(=O)OCC(C)CC. The van der Waals surface area contributed by atoms with Gasteiger partial charge in [0.05, 0.1) is 6.61 Å². The molecule has 0 bridgehead atoms. The standard InChI is InChI=1S/C8H15NO2/c1-4-7(3)6-11-8(10)9-5-2/h5,7H,2,4,6H2,1,3H3,(H,9,10). The lowest BCUT2D eigenvalue weighted by atomic mass is 10.1. The van der Waals surface area contributed by atoms with Crippen molar-refractivity contribution in [3.63, 3.8) is 0 Å². The maximum Gasteiger partial charge on any atom is 0.411 e. The molecule has 0 rings (SSSR count). The van der Waals surface area contributed by atoms with Crippen LogP contribution in [-0.2, 0) is 4.74 Å². The third-order valence-electron chi connectivity index (χ3n) is 1.42. The van der Waals surface area contributed by atoms with Crippen molar-refractivity contribution in [3.05, 3.63) is 12.8 Å². The Morgan fingerprint density at radius 2 is 2.45 bits per heavy atom. The molecule has 1 amide bonds. The molecule has 0 saturated carbocycles. The van der Waals surface area contributed by atoms with Crippen LogP contribution in [0.5, 0.6) is 0 Å². The Morgan fingerprint density at radius 3 is 2.91 bits per heavy atom. The zero-order valence-electron chi connectivity index (χ0n) is 7.09. The van der Waals surface area contributed by atoms with Gasteiger partial charge in [0.25, 0.3) is 0 Å². The zero-order chi connectivity index (χ0) is 8.69. The number of nitrogens with one attached hydrogen (secondary N) is 1. The van der Waals surface area contributed by atoms with E-state index in [0.29, 0.717) is 12.5 Å². The summed E-state index contributed by atoms with van der Waals surface area (Å²) in [5.41, 5.74) is 0. The van der Waals surface area contributed by atoms with E-state index in [1.54, 1.807) is 0 Å². The van der Waals surface area contributed by atoms with Gasteiger partial charge < -0.3 is 4.74 Å². The van der Waals surface area contributed by atoms with Crippen LogP contribution in [0.4, 0.5) is 4.79 Å². The lowest BCUT2D eigenvalue weighted by Gasteiger charge is -2.08. The Kier molecular flexibility index (Phi) is 5.25. The van der Waals surface area contributed by atoms with E-state index in [2.05, 4.69) is 18.8 Å². The molecule has 1 N–H and O–H groups in total. The molecule has 1 unspecified atom stereocenters. The highest BCUT2D eigenvalue weighted by Crippen LogP contribution is 2.00. The van der Waals surface area contributed by atoms with Crippen molar-refractivity contribution in [1.82, 2.24) is 5.32 Å². The molecule has 0 aromatic carbocycles. The molecule has 0 aliphatic rings. The number of carbonyl (C=O) groups excluding carboxylic acids is 1. The van der Waals surface area contributed by atoms with E-state index in [1.165, 1.54) is 6.20 Å². The van der Waals surface area contributed by atoms with Gasteiger partial charge in [-0.3, -0.25) is 5.32 Å². The van der Waals surface area contributed by atoms with Crippen LogP contribution >= 0.6 is 0 Å². The lowest BCUT2D eigenvalue weighted by Crippen LogP contribution is -2.20. The second-order valence-corrected chi connectivity index (χ2v) is 2.46. The molecule has 0 saturated heterocycles. The van der Waals surface area contributed by atoms with Crippen molar-refractivity contribution < 1.29 is 9.53 Å². The quantitative estimate of drug-likeness (QED) is 0.676. The summed E-state index contributed by atoms with van der Waals surface area (Å²) in [4.78, 5) is 10.7. The lowest BCUT2D eigenvalue weighted by molar-refractivity contribution is 0.132. The van der Waals surface area contributed by atoms with Gasteiger partial charge in [-0.25, -0.2) is 4.79 Å². The first-order valence-corrected chi connectivity index (χ1v) is 3.74. The molecule has 0 aromatic heterocycles. The predicted molar refractivity (Wildman–Crippen MR) is 44.1 cm³/mol. The molecule has 0 aromatic rings. The second kappa shape index (κ2) is 5.77. The molecule has 0 fully saturated rings. The summed E-state index contributed by atoms with van der Waals surface area (Å²) in [7, 11) is 0. The summed E-state index contributed by atoms with van der Waals surface area (Å²) in [6.45, 7) is 7.89. The first-order chi connectivity index (χ1) is 5.20. The highest BCUT2D eigenvalue weighted by Gasteiger charge is 2.02. The minimum atomic E-state index is -0.430. The molecule has 0 aliphatic heterocycles. The molecule has 0 spiro atoms. The van der Waals surface area contributed by atoms with Crippen molar-refractivity contribution in [2.75, 3.05) is 6.61 Å². The maximum absolute atomic E-state index is 10.7. The minimum absolute atomic E-state index is 0.422. The summed E-state index contributed by atoms with van der Waals surface area (Å²) in [5, 5.41) is 2.33. The van der Waals surface area contributed by atoms with Crippen LogP contribution in [0, 0.1) is 5.92 Å². The fraction of sp³-hybridized carbons (Fsp3) is 0.625. The number of carbonyl (C=O) groups is 1. The molecule has 3 nitrogen and oxygen atoms in total. The van der Waals surface area contributed by atoms with Gasteiger partial charge in [-0.05, 0) is 12.1 Å². The average Bonchev–Trinajstić information content (AvgIpc) is 2.01. The third kappa shape index (κ3) is 5.45. The molecule has 3 heteroatoms. The summed E-state index contributed by atoms with van der Waals surface area (Å²) in [5.74, 6) is 0.422. The first-order valence-electron chi connectivity index (χ1n) is 3.74. The van der Waals surface area contributed by atoms with Crippen LogP contribution < -0.4 is 5.32 Å². The van der Waals surface area contributed by atoms with E-state index >= 15 is 0 Å². The Labute approximate surface area is 67.4 Å². The summed E-state index contributed by atoms with van der Waals surface area (Å²) in [6.07, 6.45) is 1.89. The highest BCUT2D eigenvalue weighted by molar-refractivity contribution is 5.68. The Hall–Kier alpha value is -0.990. The van der Waals surface area contributed by atoms with Crippen LogP contribution in [0.1, 0.15) is 20.3 Å². The van der Waals surface area contributed by atoms with Crippen molar-refractivity contribution in [2.45, 2.75) is 20.3 Å². The van der Waals surface area contributed by atoms with Crippen LogP contribution in [-0.4, -0.2) is 12.7 Å². The van der Waals surface area contributed by atoms with Gasteiger partial charge in [0, 0.05) is 0 Å². The molecule has 0 heterocycles. The van der Waals surface area contributed by atoms with E-state index in [-0.39, 0.29) is 0 Å². The van der Waals surface area contributed by atoms with Crippen LogP contribution in [0.15, 0.2) is 12.8 Å². The number of hydrogen-bond donors (Lipinski definition) is 1. The largest absolute Gasteiger partial charge is 0.449 e. The Balaban J connectivity index is 3.37. The molecule has 1 atom stereocenters. The molecule has 64 valence electrons. The highest BCUT2D eigenvalue weighted by atomic mass is 16.5. The normalized spacial score (nSPS) is 11.8. The number of ether oxygens (including phenoxy) is 1. The number of rotatable bonds is 4. The van der Waals surface area contributed by atoms with Crippen molar-refractivity contribution in [3.8, 4) is 0 Å². The third-order valence-corrected chi connectivity index (χ3v) is 1.42. The molecule has 0 radical (unpaired) electrons. The summed E-state index contributed by atoms with van der Waals surface area (Å²) < 4.78 is 4.81. The van der Waals surface area contributed by atoms with Crippen molar-refractivity contribution >= 4 is 6.09 Å².